The van der Waals surface area contributed by atoms with E-state index in [1.54, 1.807) is 6.26 Å². The molecule has 0 aliphatic heterocycles. The normalized spacial score (nSPS) is 11.7. The number of alkyl carbamates (subject to hydrolysis) is 1. The van der Waals surface area contributed by atoms with E-state index in [0.717, 1.165) is 16.9 Å². The number of carboxylic acid groups (broad SMARTS) is 1. The molecule has 1 unspecified atom stereocenters. The molecule has 2 aromatic rings. The zero-order chi connectivity index (χ0) is 17.4. The highest BCUT2D eigenvalue weighted by molar-refractivity contribution is 5.68. The summed E-state index contributed by atoms with van der Waals surface area (Å²) in [5.41, 5.74) is 1.85. The standard InChI is InChI=1S/C18H21NO5/c1-13-9-10-23-16(13)11-15(7-8-17(20)21)19-18(22)24-12-14-5-3-2-4-6-14/h2-6,9-10,15H,7-8,11-12H2,1H3,(H,19,22)(H,20,21). The molecule has 128 valence electrons. The molecule has 24 heavy (non-hydrogen) atoms. The second-order valence-electron chi connectivity index (χ2n) is 5.57. The fourth-order valence-electron chi connectivity index (χ4n) is 2.29. The lowest BCUT2D eigenvalue weighted by molar-refractivity contribution is -0.137. The Morgan fingerprint density at radius 3 is 2.62 bits per heavy atom. The van der Waals surface area contributed by atoms with Gasteiger partial charge in [0.15, 0.2) is 0 Å². The van der Waals surface area contributed by atoms with E-state index in [4.69, 9.17) is 14.3 Å². The first kappa shape index (κ1) is 17.6. The molecule has 1 amide bonds. The van der Waals surface area contributed by atoms with Crippen LogP contribution in [0.25, 0.3) is 0 Å². The maximum absolute atomic E-state index is 12.0. The predicted molar refractivity (Wildman–Crippen MR) is 87.6 cm³/mol. The number of carboxylic acids is 1. The van der Waals surface area contributed by atoms with Crippen molar-refractivity contribution >= 4 is 12.1 Å². The highest BCUT2D eigenvalue weighted by Crippen LogP contribution is 2.14. The SMILES string of the molecule is Cc1ccoc1CC(CCC(=O)O)NC(=O)OCc1ccccc1. The van der Waals surface area contributed by atoms with Crippen LogP contribution in [0, 0.1) is 6.92 Å². The molecule has 1 heterocycles. The van der Waals surface area contributed by atoms with Crippen molar-refractivity contribution in [3.63, 3.8) is 0 Å². The number of carbonyl (C=O) groups excluding carboxylic acids is 1. The minimum absolute atomic E-state index is 0.0383. The van der Waals surface area contributed by atoms with Crippen molar-refractivity contribution in [3.8, 4) is 0 Å². The van der Waals surface area contributed by atoms with Crippen molar-refractivity contribution in [2.24, 2.45) is 0 Å². The summed E-state index contributed by atoms with van der Waals surface area (Å²) in [7, 11) is 0. The van der Waals surface area contributed by atoms with Gasteiger partial charge in [0, 0.05) is 18.9 Å². The molecule has 0 aliphatic carbocycles. The first-order valence-electron chi connectivity index (χ1n) is 7.76. The third-order valence-electron chi connectivity index (χ3n) is 3.64. The summed E-state index contributed by atoms with van der Waals surface area (Å²) >= 11 is 0. The van der Waals surface area contributed by atoms with Crippen LogP contribution >= 0.6 is 0 Å². The van der Waals surface area contributed by atoms with Crippen molar-refractivity contribution in [2.75, 3.05) is 0 Å². The van der Waals surface area contributed by atoms with Crippen LogP contribution in [0.15, 0.2) is 47.1 Å². The molecule has 0 radical (unpaired) electrons. The van der Waals surface area contributed by atoms with Crippen molar-refractivity contribution < 1.29 is 23.8 Å². The summed E-state index contributed by atoms with van der Waals surface area (Å²) in [5.74, 6) is -0.177. The first-order valence-corrected chi connectivity index (χ1v) is 7.76. The van der Waals surface area contributed by atoms with Crippen LogP contribution < -0.4 is 5.32 Å². The molecule has 0 aliphatic rings. The Morgan fingerprint density at radius 2 is 2.00 bits per heavy atom. The van der Waals surface area contributed by atoms with Gasteiger partial charge in [-0.1, -0.05) is 30.3 Å². The average Bonchev–Trinajstić information content (AvgIpc) is 2.96. The molecule has 1 aromatic heterocycles. The van der Waals surface area contributed by atoms with Gasteiger partial charge in [-0.3, -0.25) is 4.79 Å². The highest BCUT2D eigenvalue weighted by atomic mass is 16.5. The number of hydrogen-bond donors (Lipinski definition) is 2. The van der Waals surface area contributed by atoms with Gasteiger partial charge in [-0.25, -0.2) is 4.79 Å². The lowest BCUT2D eigenvalue weighted by atomic mass is 10.0. The smallest absolute Gasteiger partial charge is 0.407 e. The quantitative estimate of drug-likeness (QED) is 0.775. The van der Waals surface area contributed by atoms with Crippen LogP contribution in [-0.2, 0) is 22.6 Å². The van der Waals surface area contributed by atoms with Gasteiger partial charge in [0.25, 0.3) is 0 Å². The molecule has 6 heteroatoms. The minimum atomic E-state index is -0.907. The topological polar surface area (TPSA) is 88.8 Å². The van der Waals surface area contributed by atoms with Gasteiger partial charge >= 0.3 is 12.1 Å². The Labute approximate surface area is 140 Å². The van der Waals surface area contributed by atoms with Crippen molar-refractivity contribution in [1.29, 1.82) is 0 Å². The Balaban J connectivity index is 1.89. The number of amides is 1. The zero-order valence-corrected chi connectivity index (χ0v) is 13.5. The Hall–Kier alpha value is -2.76. The first-order chi connectivity index (χ1) is 11.5. The average molecular weight is 331 g/mol. The van der Waals surface area contributed by atoms with Gasteiger partial charge in [-0.15, -0.1) is 0 Å². The van der Waals surface area contributed by atoms with Gasteiger partial charge in [0.05, 0.1) is 6.26 Å². The zero-order valence-electron chi connectivity index (χ0n) is 13.5. The number of carbonyl (C=O) groups is 2. The lowest BCUT2D eigenvalue weighted by Crippen LogP contribution is -2.37. The number of aryl methyl sites for hydroxylation is 1. The number of aliphatic carboxylic acids is 1. The van der Waals surface area contributed by atoms with Gasteiger partial charge in [-0.05, 0) is 30.5 Å². The molecule has 0 spiro atoms. The molecule has 1 aromatic carbocycles. The number of benzene rings is 1. The Bertz CT molecular complexity index is 665. The predicted octanol–water partition coefficient (Wildman–Crippen LogP) is 3.29. The van der Waals surface area contributed by atoms with Crippen LogP contribution in [-0.4, -0.2) is 23.2 Å². The van der Waals surface area contributed by atoms with Crippen molar-refractivity contribution in [1.82, 2.24) is 5.32 Å². The van der Waals surface area contributed by atoms with Crippen LogP contribution in [0.1, 0.15) is 29.7 Å². The lowest BCUT2D eigenvalue weighted by Gasteiger charge is -2.17. The maximum atomic E-state index is 12.0. The summed E-state index contributed by atoms with van der Waals surface area (Å²) in [6.07, 6.45) is 1.69. The number of nitrogens with one attached hydrogen (secondary N) is 1. The molecule has 2 rings (SSSR count). The summed E-state index contributed by atoms with van der Waals surface area (Å²) in [5, 5.41) is 11.6. The Morgan fingerprint density at radius 1 is 1.25 bits per heavy atom. The van der Waals surface area contributed by atoms with Crippen molar-refractivity contribution in [2.45, 2.75) is 38.8 Å². The summed E-state index contributed by atoms with van der Waals surface area (Å²) in [6.45, 7) is 2.07. The monoisotopic (exact) mass is 331 g/mol. The van der Waals surface area contributed by atoms with Gasteiger partial charge in [0.1, 0.15) is 12.4 Å². The van der Waals surface area contributed by atoms with E-state index in [0.29, 0.717) is 12.8 Å². The summed E-state index contributed by atoms with van der Waals surface area (Å²) in [4.78, 5) is 22.8. The molecule has 6 nitrogen and oxygen atoms in total. The Kier molecular flexibility index (Phi) is 6.42. The summed E-state index contributed by atoms with van der Waals surface area (Å²) < 4.78 is 10.6. The van der Waals surface area contributed by atoms with Crippen LogP contribution in [0.3, 0.4) is 0 Å². The van der Waals surface area contributed by atoms with Gasteiger partial charge in [0.2, 0.25) is 0 Å². The number of furan rings is 1. The minimum Gasteiger partial charge on any atom is -0.481 e. The van der Waals surface area contributed by atoms with Crippen molar-refractivity contribution in [3.05, 3.63) is 59.5 Å². The molecule has 1 atom stereocenters. The highest BCUT2D eigenvalue weighted by Gasteiger charge is 2.18. The molecule has 0 saturated carbocycles. The molecule has 0 bridgehead atoms. The number of rotatable bonds is 8. The van der Waals surface area contributed by atoms with E-state index >= 15 is 0 Å². The fraction of sp³-hybridized carbons (Fsp3) is 0.333. The van der Waals surface area contributed by atoms with E-state index in [9.17, 15) is 9.59 Å². The molecular formula is C18H21NO5. The van der Waals surface area contributed by atoms with E-state index in [2.05, 4.69) is 5.32 Å². The summed E-state index contributed by atoms with van der Waals surface area (Å²) in [6, 6.07) is 10.8. The fourth-order valence-corrected chi connectivity index (χ4v) is 2.29. The molecular weight excluding hydrogens is 310 g/mol. The van der Waals surface area contributed by atoms with Crippen LogP contribution in [0.5, 0.6) is 0 Å². The third-order valence-corrected chi connectivity index (χ3v) is 3.64. The van der Waals surface area contributed by atoms with E-state index in [1.165, 1.54) is 0 Å². The maximum Gasteiger partial charge on any atom is 0.407 e. The molecule has 0 fully saturated rings. The third kappa shape index (κ3) is 5.79. The van der Waals surface area contributed by atoms with E-state index < -0.39 is 12.1 Å². The van der Waals surface area contributed by atoms with Crippen LogP contribution in [0.2, 0.25) is 0 Å². The molecule has 2 N–H and O–H groups in total. The largest absolute Gasteiger partial charge is 0.481 e. The van der Waals surface area contributed by atoms with Crippen LogP contribution in [0.4, 0.5) is 4.79 Å². The van der Waals surface area contributed by atoms with Gasteiger partial charge < -0.3 is 19.6 Å². The van der Waals surface area contributed by atoms with E-state index in [-0.39, 0.29) is 19.1 Å². The second kappa shape index (κ2) is 8.76. The number of ether oxygens (including phenoxy) is 1. The number of hydrogen-bond acceptors (Lipinski definition) is 4. The van der Waals surface area contributed by atoms with E-state index in [1.807, 2.05) is 43.3 Å². The molecule has 0 saturated heterocycles. The second-order valence-corrected chi connectivity index (χ2v) is 5.57. The van der Waals surface area contributed by atoms with Gasteiger partial charge in [-0.2, -0.15) is 0 Å².